The summed E-state index contributed by atoms with van der Waals surface area (Å²) in [7, 11) is 1.41. The average molecular weight is 526 g/mol. The van der Waals surface area contributed by atoms with Gasteiger partial charge in [-0.25, -0.2) is 4.79 Å². The lowest BCUT2D eigenvalue weighted by Crippen LogP contribution is -2.62. The van der Waals surface area contributed by atoms with Gasteiger partial charge in [-0.15, -0.1) is 0 Å². The fourth-order valence-electron chi connectivity index (χ4n) is 10.6. The van der Waals surface area contributed by atoms with Crippen LogP contribution in [0.2, 0.25) is 0 Å². The van der Waals surface area contributed by atoms with Gasteiger partial charge < -0.3 is 14.9 Å². The quantitative estimate of drug-likeness (QED) is 0.400. The van der Waals surface area contributed by atoms with Gasteiger partial charge in [0.05, 0.1) is 24.9 Å². The monoisotopic (exact) mass is 525 g/mol. The zero-order valence-electron chi connectivity index (χ0n) is 24.4. The van der Waals surface area contributed by atoms with Crippen LogP contribution in [0.1, 0.15) is 108 Å². The summed E-state index contributed by atoms with van der Waals surface area (Å²) < 4.78 is 4.85. The highest BCUT2D eigenvalue weighted by Gasteiger charge is 2.64. The van der Waals surface area contributed by atoms with E-state index in [1.54, 1.807) is 6.20 Å². The molecule has 212 valence electrons. The fraction of sp³-hybridized carbons (Fsp3) is 0.818. The highest BCUT2D eigenvalue weighted by molar-refractivity contribution is 5.89. The molecule has 0 radical (unpaired) electrons. The van der Waals surface area contributed by atoms with Crippen molar-refractivity contribution in [3.8, 4) is 0 Å². The molecule has 5 heteroatoms. The summed E-state index contributed by atoms with van der Waals surface area (Å²) in [6.45, 7) is 9.81. The van der Waals surface area contributed by atoms with Crippen LogP contribution >= 0.6 is 0 Å². The molecule has 0 amide bonds. The summed E-state index contributed by atoms with van der Waals surface area (Å²) in [6.07, 6.45) is 15.3. The molecule has 1 heterocycles. The topological polar surface area (TPSA) is 79.7 Å². The molecule has 4 saturated carbocycles. The third-order valence-corrected chi connectivity index (χ3v) is 12.5. The van der Waals surface area contributed by atoms with Gasteiger partial charge in [0.1, 0.15) is 0 Å². The van der Waals surface area contributed by atoms with E-state index in [9.17, 15) is 15.0 Å². The first-order valence-corrected chi connectivity index (χ1v) is 15.5. The second kappa shape index (κ2) is 10.8. The minimum Gasteiger partial charge on any atom is -0.465 e. The molecule has 4 aliphatic rings. The molecular weight excluding hydrogens is 474 g/mol. The van der Waals surface area contributed by atoms with E-state index in [-0.39, 0.29) is 23.6 Å². The highest BCUT2D eigenvalue weighted by atomic mass is 16.5. The molecule has 0 bridgehead atoms. The minimum atomic E-state index is -0.326. The van der Waals surface area contributed by atoms with Gasteiger partial charge in [0.2, 0.25) is 0 Å². The smallest absolute Gasteiger partial charge is 0.339 e. The fourth-order valence-corrected chi connectivity index (χ4v) is 10.6. The number of aliphatic hydroxyl groups is 2. The van der Waals surface area contributed by atoms with Crippen molar-refractivity contribution < 1.29 is 19.7 Å². The molecule has 5 nitrogen and oxygen atoms in total. The van der Waals surface area contributed by atoms with Crippen LogP contribution in [-0.4, -0.2) is 40.5 Å². The van der Waals surface area contributed by atoms with Crippen LogP contribution in [-0.2, 0) is 11.2 Å². The zero-order valence-corrected chi connectivity index (χ0v) is 24.4. The second-order valence-corrected chi connectivity index (χ2v) is 14.1. The zero-order chi connectivity index (χ0) is 27.2. The summed E-state index contributed by atoms with van der Waals surface area (Å²) in [4.78, 5) is 16.1. The van der Waals surface area contributed by atoms with Crippen molar-refractivity contribution in [2.75, 3.05) is 7.11 Å². The second-order valence-electron chi connectivity index (χ2n) is 14.1. The van der Waals surface area contributed by atoms with Gasteiger partial charge in [0.25, 0.3) is 0 Å². The summed E-state index contributed by atoms with van der Waals surface area (Å²) >= 11 is 0. The van der Waals surface area contributed by atoms with Crippen LogP contribution < -0.4 is 0 Å². The van der Waals surface area contributed by atoms with E-state index in [1.807, 2.05) is 12.3 Å². The molecule has 11 atom stereocenters. The maximum Gasteiger partial charge on any atom is 0.339 e. The number of carbonyl (C=O) groups is 1. The number of nitrogens with zero attached hydrogens (tertiary/aromatic N) is 1. The number of esters is 1. The Labute approximate surface area is 230 Å². The van der Waals surface area contributed by atoms with Gasteiger partial charge in [-0.05, 0) is 122 Å². The van der Waals surface area contributed by atoms with Crippen LogP contribution in [0, 0.1) is 52.3 Å². The van der Waals surface area contributed by atoms with Gasteiger partial charge in [-0.1, -0.05) is 40.5 Å². The van der Waals surface area contributed by atoms with E-state index < -0.39 is 0 Å². The number of rotatable bonds is 7. The molecule has 0 unspecified atom stereocenters. The first kappa shape index (κ1) is 28.1. The van der Waals surface area contributed by atoms with E-state index in [0.717, 1.165) is 44.1 Å². The lowest BCUT2D eigenvalue weighted by atomic mass is 9.41. The minimum absolute atomic E-state index is 0.185. The number of hydrogen-bond acceptors (Lipinski definition) is 5. The number of fused-ring (bicyclic) bond motifs is 5. The maximum absolute atomic E-state index is 11.9. The lowest BCUT2D eigenvalue weighted by molar-refractivity contribution is -0.203. The molecular formula is C33H51NO4. The standard InChI is InChI=1S/C33H51NO4/c1-6-24-28-17-23(35)12-14-33(28,4)27-13-15-32(3)25(10-11-26(32)29(27)30(24)36)20(2)8-7-9-21-16-22(19-34-18-21)31(37)38-5/h16,18-20,23-30,35-36H,6-15,17H2,1-5H3/t20-,23-,24-,25-,26+,27+,28+,29+,30-,32-,33-/m1/s1. The number of aryl methyl sites for hydroxylation is 1. The average Bonchev–Trinajstić information content (AvgIpc) is 3.26. The Morgan fingerprint density at radius 2 is 1.82 bits per heavy atom. The third-order valence-electron chi connectivity index (χ3n) is 12.5. The van der Waals surface area contributed by atoms with Crippen molar-refractivity contribution in [1.29, 1.82) is 0 Å². The van der Waals surface area contributed by atoms with Crippen LogP contribution in [0.3, 0.4) is 0 Å². The normalized spacial score (nSPS) is 43.0. The molecule has 4 aliphatic carbocycles. The molecule has 1 aromatic rings. The van der Waals surface area contributed by atoms with E-state index in [2.05, 4.69) is 32.7 Å². The Morgan fingerprint density at radius 1 is 1.08 bits per heavy atom. The molecule has 0 saturated heterocycles. The molecule has 0 aliphatic heterocycles. The third kappa shape index (κ3) is 4.64. The van der Waals surface area contributed by atoms with E-state index in [0.29, 0.717) is 52.4 Å². The molecule has 4 fully saturated rings. The number of pyridine rings is 1. The molecule has 0 spiro atoms. The predicted molar refractivity (Wildman–Crippen MR) is 149 cm³/mol. The number of aromatic nitrogens is 1. The number of carbonyl (C=O) groups excluding carboxylic acids is 1. The molecule has 5 rings (SSSR count). The van der Waals surface area contributed by atoms with Crippen molar-refractivity contribution in [2.24, 2.45) is 52.3 Å². The van der Waals surface area contributed by atoms with Gasteiger partial charge >= 0.3 is 5.97 Å². The number of aliphatic hydroxyl groups excluding tert-OH is 2. The van der Waals surface area contributed by atoms with E-state index in [1.165, 1.54) is 39.2 Å². The largest absolute Gasteiger partial charge is 0.465 e. The van der Waals surface area contributed by atoms with Crippen molar-refractivity contribution in [2.45, 2.75) is 111 Å². The Morgan fingerprint density at radius 3 is 2.55 bits per heavy atom. The number of hydrogen-bond donors (Lipinski definition) is 2. The van der Waals surface area contributed by atoms with Crippen molar-refractivity contribution in [1.82, 2.24) is 4.98 Å². The molecule has 38 heavy (non-hydrogen) atoms. The Hall–Kier alpha value is -1.46. The van der Waals surface area contributed by atoms with Crippen LogP contribution in [0.25, 0.3) is 0 Å². The lowest BCUT2D eigenvalue weighted by Gasteiger charge is -2.64. The summed E-state index contributed by atoms with van der Waals surface area (Å²) in [6, 6.07) is 1.92. The Kier molecular flexibility index (Phi) is 8.01. The highest BCUT2D eigenvalue weighted by Crippen LogP contribution is 2.69. The van der Waals surface area contributed by atoms with Crippen molar-refractivity contribution in [3.63, 3.8) is 0 Å². The Balaban J connectivity index is 1.27. The van der Waals surface area contributed by atoms with Crippen molar-refractivity contribution in [3.05, 3.63) is 29.6 Å². The predicted octanol–water partition coefficient (Wildman–Crippen LogP) is 6.45. The summed E-state index contributed by atoms with van der Waals surface area (Å²) in [5.41, 5.74) is 2.21. The first-order chi connectivity index (χ1) is 18.1. The summed E-state index contributed by atoms with van der Waals surface area (Å²) in [5.74, 6) is 3.44. The van der Waals surface area contributed by atoms with Crippen molar-refractivity contribution >= 4 is 5.97 Å². The first-order valence-electron chi connectivity index (χ1n) is 15.5. The number of methoxy groups -OCH3 is 1. The van der Waals surface area contributed by atoms with E-state index in [4.69, 9.17) is 4.74 Å². The van der Waals surface area contributed by atoms with Crippen LogP contribution in [0.15, 0.2) is 18.5 Å². The van der Waals surface area contributed by atoms with Gasteiger partial charge in [0, 0.05) is 12.4 Å². The molecule has 0 aromatic carbocycles. The SMILES string of the molecule is CC[C@H]1[C@@H](O)[C@@H]2[C@H](CC[C@]3(C)[C@@H]([C@H](C)CCCc4cncc(C(=O)OC)c4)CC[C@@H]23)[C@@]2(C)CC[C@@H](O)C[C@@H]12. The molecule has 1 aromatic heterocycles. The maximum atomic E-state index is 11.9. The molecule has 2 N–H and O–H groups in total. The summed E-state index contributed by atoms with van der Waals surface area (Å²) in [5, 5.41) is 22.4. The number of ether oxygens (including phenoxy) is 1. The Bertz CT molecular complexity index is 997. The van der Waals surface area contributed by atoms with Crippen LogP contribution in [0.4, 0.5) is 0 Å². The van der Waals surface area contributed by atoms with Gasteiger partial charge in [0.15, 0.2) is 0 Å². The van der Waals surface area contributed by atoms with Crippen LogP contribution in [0.5, 0.6) is 0 Å². The van der Waals surface area contributed by atoms with Gasteiger partial charge in [-0.2, -0.15) is 0 Å². The van der Waals surface area contributed by atoms with Gasteiger partial charge in [-0.3, -0.25) is 4.98 Å². The van der Waals surface area contributed by atoms with E-state index >= 15 is 0 Å².